The Hall–Kier alpha value is -2.54. The number of aliphatic carboxylic acids is 1. The van der Waals surface area contributed by atoms with Crippen LogP contribution >= 0.6 is 0 Å². The number of rotatable bonds is 7. The third-order valence-corrected chi connectivity index (χ3v) is 5.66. The van der Waals surface area contributed by atoms with Crippen molar-refractivity contribution in [2.75, 3.05) is 26.8 Å². The molecule has 27 heavy (non-hydrogen) atoms. The van der Waals surface area contributed by atoms with Gasteiger partial charge in [-0.25, -0.2) is 0 Å². The van der Waals surface area contributed by atoms with E-state index in [0.29, 0.717) is 37.6 Å². The lowest BCUT2D eigenvalue weighted by molar-refractivity contribution is -0.148. The van der Waals surface area contributed by atoms with Crippen LogP contribution in [0, 0.1) is 11.8 Å². The summed E-state index contributed by atoms with van der Waals surface area (Å²) in [5.41, 5.74) is 0.245. The van der Waals surface area contributed by atoms with E-state index in [1.54, 1.807) is 18.1 Å². The van der Waals surface area contributed by atoms with E-state index in [0.717, 1.165) is 5.56 Å². The molecule has 4 unspecified atom stereocenters. The van der Waals surface area contributed by atoms with Crippen molar-refractivity contribution < 1.29 is 28.9 Å². The second-order valence-corrected chi connectivity index (χ2v) is 7.17. The number of hydrogen-bond acceptors (Lipinski definition) is 5. The Morgan fingerprint density at radius 3 is 2.93 bits per heavy atom. The van der Waals surface area contributed by atoms with Gasteiger partial charge in [0.05, 0.1) is 32.3 Å². The molecule has 144 valence electrons. The Balaban J connectivity index is 1.47. The predicted molar refractivity (Wildman–Crippen MR) is 95.8 cm³/mol. The first-order valence-corrected chi connectivity index (χ1v) is 9.17. The molecule has 2 fully saturated rings. The summed E-state index contributed by atoms with van der Waals surface area (Å²) >= 11 is 0. The minimum atomic E-state index is -0.970. The maximum absolute atomic E-state index is 12.9. The van der Waals surface area contributed by atoms with Crippen LogP contribution in [0.25, 0.3) is 0 Å². The van der Waals surface area contributed by atoms with Crippen LogP contribution in [-0.2, 0) is 20.7 Å². The summed E-state index contributed by atoms with van der Waals surface area (Å²) < 4.78 is 16.8. The van der Waals surface area contributed by atoms with Crippen molar-refractivity contribution >= 4 is 11.9 Å². The summed E-state index contributed by atoms with van der Waals surface area (Å²) in [6.07, 6.45) is 3.81. The molecule has 0 saturated carbocycles. The van der Waals surface area contributed by atoms with Gasteiger partial charge >= 0.3 is 5.97 Å². The van der Waals surface area contributed by atoms with Gasteiger partial charge in [-0.2, -0.15) is 0 Å². The van der Waals surface area contributed by atoms with E-state index < -0.39 is 29.5 Å². The molecule has 4 atom stereocenters. The van der Waals surface area contributed by atoms with Gasteiger partial charge in [0.15, 0.2) is 11.5 Å². The number of carbonyl (C=O) groups excluding carboxylic acids is 1. The molecule has 0 aromatic heterocycles. The number of carboxylic acids is 1. The molecule has 2 saturated heterocycles. The highest BCUT2D eigenvalue weighted by Gasteiger charge is 2.66. The van der Waals surface area contributed by atoms with Crippen LogP contribution in [0.3, 0.4) is 0 Å². The molecule has 3 aliphatic heterocycles. The van der Waals surface area contributed by atoms with Crippen molar-refractivity contribution in [2.45, 2.75) is 25.0 Å². The van der Waals surface area contributed by atoms with Crippen LogP contribution in [0.15, 0.2) is 30.4 Å². The molecule has 3 aliphatic rings. The molecule has 1 spiro atoms. The van der Waals surface area contributed by atoms with Crippen LogP contribution in [0.2, 0.25) is 0 Å². The third kappa shape index (κ3) is 2.77. The topological polar surface area (TPSA) is 85.3 Å². The molecule has 1 aromatic rings. The summed E-state index contributed by atoms with van der Waals surface area (Å²) in [4.78, 5) is 26.2. The minimum absolute atomic E-state index is 0.132. The number of carboxylic acid groups (broad SMARTS) is 1. The molecule has 4 rings (SSSR count). The number of hydrogen-bond donors (Lipinski definition) is 1. The fraction of sp³-hybridized carbons (Fsp3) is 0.500. The first kappa shape index (κ1) is 17.9. The number of carbonyl (C=O) groups is 2. The standard InChI is InChI=1S/C20H23NO6/c1-3-26-13-5-4-12(10-15(13)25-2)7-9-21-11-20-8-6-14(27-20)16(19(23)24)17(20)18(21)22/h4-6,8,10,14,16-17H,3,7,9,11H2,1-2H3,(H,23,24). The van der Waals surface area contributed by atoms with E-state index in [-0.39, 0.29) is 5.91 Å². The fourth-order valence-corrected chi connectivity index (χ4v) is 4.46. The Kier molecular flexibility index (Phi) is 4.34. The monoisotopic (exact) mass is 373 g/mol. The summed E-state index contributed by atoms with van der Waals surface area (Å²) in [5.74, 6) is -1.17. The van der Waals surface area contributed by atoms with Crippen molar-refractivity contribution in [3.8, 4) is 11.5 Å². The number of likely N-dealkylation sites (tertiary alicyclic amines) is 1. The van der Waals surface area contributed by atoms with Crippen molar-refractivity contribution in [1.82, 2.24) is 4.90 Å². The average Bonchev–Trinajstić information content (AvgIpc) is 3.29. The normalized spacial score (nSPS) is 30.7. The molecule has 0 aliphatic carbocycles. The number of benzene rings is 1. The molecule has 2 bridgehead atoms. The van der Waals surface area contributed by atoms with Gasteiger partial charge in [-0.3, -0.25) is 9.59 Å². The van der Waals surface area contributed by atoms with Crippen LogP contribution in [0.5, 0.6) is 11.5 Å². The second kappa shape index (κ2) is 6.56. The summed E-state index contributed by atoms with van der Waals surface area (Å²) in [7, 11) is 1.60. The van der Waals surface area contributed by atoms with E-state index in [4.69, 9.17) is 14.2 Å². The highest BCUT2D eigenvalue weighted by Crippen LogP contribution is 2.51. The highest BCUT2D eigenvalue weighted by molar-refractivity contribution is 5.90. The van der Waals surface area contributed by atoms with Gasteiger partial charge in [-0.15, -0.1) is 0 Å². The smallest absolute Gasteiger partial charge is 0.310 e. The molecular weight excluding hydrogens is 350 g/mol. The molecule has 0 radical (unpaired) electrons. The van der Waals surface area contributed by atoms with E-state index in [2.05, 4.69) is 0 Å². The quantitative estimate of drug-likeness (QED) is 0.729. The van der Waals surface area contributed by atoms with Crippen LogP contribution in [0.4, 0.5) is 0 Å². The largest absolute Gasteiger partial charge is 0.493 e. The molecule has 3 heterocycles. The van der Waals surface area contributed by atoms with Gasteiger partial charge < -0.3 is 24.2 Å². The van der Waals surface area contributed by atoms with Gasteiger partial charge in [0.2, 0.25) is 5.91 Å². The highest BCUT2D eigenvalue weighted by atomic mass is 16.5. The number of nitrogens with zero attached hydrogens (tertiary/aromatic N) is 1. The van der Waals surface area contributed by atoms with Gasteiger partial charge in [-0.1, -0.05) is 18.2 Å². The van der Waals surface area contributed by atoms with E-state index in [9.17, 15) is 14.7 Å². The Morgan fingerprint density at radius 1 is 1.41 bits per heavy atom. The first-order valence-electron chi connectivity index (χ1n) is 9.17. The molecule has 7 nitrogen and oxygen atoms in total. The van der Waals surface area contributed by atoms with Crippen LogP contribution < -0.4 is 9.47 Å². The van der Waals surface area contributed by atoms with Crippen LogP contribution in [0.1, 0.15) is 12.5 Å². The number of amides is 1. The number of ether oxygens (including phenoxy) is 3. The van der Waals surface area contributed by atoms with Crippen molar-refractivity contribution in [2.24, 2.45) is 11.8 Å². The molecule has 1 amide bonds. The van der Waals surface area contributed by atoms with E-state index in [1.807, 2.05) is 31.2 Å². The zero-order valence-corrected chi connectivity index (χ0v) is 15.4. The lowest BCUT2D eigenvalue weighted by atomic mass is 9.77. The lowest BCUT2D eigenvalue weighted by Gasteiger charge is -2.21. The first-order chi connectivity index (χ1) is 13.0. The van der Waals surface area contributed by atoms with Crippen molar-refractivity contribution in [3.05, 3.63) is 35.9 Å². The van der Waals surface area contributed by atoms with Crippen LogP contribution in [-0.4, -0.2) is 60.4 Å². The Bertz CT molecular complexity index is 806. The van der Waals surface area contributed by atoms with Gasteiger partial charge in [-0.05, 0) is 31.0 Å². The maximum atomic E-state index is 12.9. The number of methoxy groups -OCH3 is 1. The maximum Gasteiger partial charge on any atom is 0.310 e. The molecule has 1 aromatic carbocycles. The van der Waals surface area contributed by atoms with E-state index in [1.165, 1.54) is 0 Å². The Labute approximate surface area is 157 Å². The van der Waals surface area contributed by atoms with Gasteiger partial charge in [0.25, 0.3) is 0 Å². The predicted octanol–water partition coefficient (Wildman–Crippen LogP) is 1.50. The average molecular weight is 373 g/mol. The molecular formula is C20H23NO6. The zero-order chi connectivity index (χ0) is 19.2. The third-order valence-electron chi connectivity index (χ3n) is 5.66. The lowest BCUT2D eigenvalue weighted by Crippen LogP contribution is -2.39. The van der Waals surface area contributed by atoms with Gasteiger partial charge in [0.1, 0.15) is 11.5 Å². The summed E-state index contributed by atoms with van der Waals surface area (Å²) in [6.45, 7) is 3.38. The Morgan fingerprint density at radius 2 is 2.22 bits per heavy atom. The SMILES string of the molecule is CCOc1ccc(CCN2CC34C=CC(O3)C(C(=O)O)C4C2=O)cc1OC. The minimum Gasteiger partial charge on any atom is -0.493 e. The van der Waals surface area contributed by atoms with Gasteiger partial charge in [0, 0.05) is 6.54 Å². The number of fused-ring (bicyclic) bond motifs is 1. The zero-order valence-electron chi connectivity index (χ0n) is 15.4. The molecule has 7 heteroatoms. The van der Waals surface area contributed by atoms with Crippen molar-refractivity contribution in [1.29, 1.82) is 0 Å². The second-order valence-electron chi connectivity index (χ2n) is 7.17. The summed E-state index contributed by atoms with van der Waals surface area (Å²) in [5, 5.41) is 9.51. The fourth-order valence-electron chi connectivity index (χ4n) is 4.46. The molecule has 1 N–H and O–H groups in total. The van der Waals surface area contributed by atoms with Crippen molar-refractivity contribution in [3.63, 3.8) is 0 Å². The van der Waals surface area contributed by atoms with E-state index >= 15 is 0 Å². The summed E-state index contributed by atoms with van der Waals surface area (Å²) in [6, 6.07) is 5.73.